The van der Waals surface area contributed by atoms with Crippen LogP contribution >= 0.6 is 0 Å². The van der Waals surface area contributed by atoms with Crippen LogP contribution in [0.5, 0.6) is 11.5 Å². The predicted octanol–water partition coefficient (Wildman–Crippen LogP) is 3.35. The minimum Gasteiger partial charge on any atom is -0.454 e. The summed E-state index contributed by atoms with van der Waals surface area (Å²) in [5.74, 6) is -0.797. The number of para-hydroxylation sites is 1. The van der Waals surface area contributed by atoms with Crippen molar-refractivity contribution in [3.63, 3.8) is 0 Å². The number of Topliss-reactive ketones (excluding diaryl/α,β-unsaturated/α-hetero) is 1. The largest absolute Gasteiger partial charge is 0.454 e. The first kappa shape index (κ1) is 13.8. The van der Waals surface area contributed by atoms with E-state index < -0.39 is 30.6 Å². The molecule has 0 radical (unpaired) electrons. The minimum atomic E-state index is -2.51. The Morgan fingerprint density at radius 1 is 1.10 bits per heavy atom. The molecular weight excluding hydrogens is 370 g/mol. The molecule has 6 heteroatoms. The first-order valence-electron chi connectivity index (χ1n) is 11.2. The van der Waals surface area contributed by atoms with E-state index in [-0.39, 0.29) is 25.5 Å². The number of piperidine rings is 1. The highest BCUT2D eigenvalue weighted by Gasteiger charge is 2.47. The lowest BCUT2D eigenvalue weighted by Gasteiger charge is -2.45. The van der Waals surface area contributed by atoms with Gasteiger partial charge in [-0.2, -0.15) is 0 Å². The molecule has 6 rings (SSSR count). The van der Waals surface area contributed by atoms with Gasteiger partial charge in [0.2, 0.25) is 12.7 Å². The Bertz CT molecular complexity index is 1280. The van der Waals surface area contributed by atoms with Gasteiger partial charge < -0.3 is 19.4 Å². The Morgan fingerprint density at radius 3 is 2.86 bits per heavy atom. The molecule has 4 heterocycles. The van der Waals surface area contributed by atoms with Crippen LogP contribution in [0.2, 0.25) is 0 Å². The molecule has 3 aliphatic rings. The van der Waals surface area contributed by atoms with Crippen molar-refractivity contribution in [1.29, 1.82) is 0 Å². The van der Waals surface area contributed by atoms with Crippen molar-refractivity contribution in [2.45, 2.75) is 31.8 Å². The standard InChI is InChI=1S/C23H20N2O4/c1-12-8-20(26)25-17(23(12)27)10-15-14-4-2-3-5-16(14)24-21(15)22(25)13-6-7-18-19(9-13)29-11-28-18/h2-7,9,12,17,22,24H,8,10-11H2,1H3/t12?,17-,22-/m1/s1/i1D3,8+1,20+1. The van der Waals surface area contributed by atoms with Gasteiger partial charge in [0.1, 0.15) is 0 Å². The Kier molecular flexibility index (Phi) is 2.79. The van der Waals surface area contributed by atoms with Crippen molar-refractivity contribution in [2.24, 2.45) is 5.92 Å². The number of carbonyl (C=O) groups excluding carboxylic acids is 2. The number of H-pyrrole nitrogens is 1. The zero-order chi connectivity index (χ0) is 22.2. The number of benzene rings is 2. The molecule has 29 heavy (non-hydrogen) atoms. The van der Waals surface area contributed by atoms with E-state index in [2.05, 4.69) is 4.98 Å². The number of ketones is 1. The zero-order valence-corrected chi connectivity index (χ0v) is 15.5. The number of nitrogens with one attached hydrogen (secondary N) is 1. The summed E-state index contributed by atoms with van der Waals surface area (Å²) in [6.45, 7) is -2.38. The average molecular weight is 393 g/mol. The molecular formula is C23H20N2O4. The maximum absolute atomic E-state index is 13.4. The van der Waals surface area contributed by atoms with Crippen molar-refractivity contribution in [2.75, 3.05) is 6.79 Å². The average Bonchev–Trinajstić information content (AvgIpc) is 3.37. The van der Waals surface area contributed by atoms with Gasteiger partial charge in [-0.15, -0.1) is 0 Å². The summed E-state index contributed by atoms with van der Waals surface area (Å²) in [7, 11) is 0. The van der Waals surface area contributed by atoms with Gasteiger partial charge in [0.15, 0.2) is 17.3 Å². The first-order valence-corrected chi connectivity index (χ1v) is 9.67. The van der Waals surface area contributed by atoms with Gasteiger partial charge in [-0.3, -0.25) is 9.59 Å². The van der Waals surface area contributed by atoms with Crippen LogP contribution < -0.4 is 9.47 Å². The number of aromatic amines is 1. The third-order valence-electron chi connectivity index (χ3n) is 6.18. The van der Waals surface area contributed by atoms with E-state index in [1.165, 1.54) is 0 Å². The highest BCUT2D eigenvalue weighted by molar-refractivity contribution is 5.99. The molecule has 0 aliphatic carbocycles. The first-order chi connectivity index (χ1) is 15.3. The third kappa shape index (κ3) is 2.29. The lowest BCUT2D eigenvalue weighted by atomic mass is 9.84. The summed E-state index contributed by atoms with van der Waals surface area (Å²) >= 11 is 0. The second-order valence-corrected chi connectivity index (χ2v) is 7.76. The molecule has 3 aliphatic heterocycles. The highest BCUT2D eigenvalue weighted by atomic mass is 16.7. The molecule has 0 bridgehead atoms. The van der Waals surface area contributed by atoms with Crippen LogP contribution in [0.15, 0.2) is 42.5 Å². The fourth-order valence-electron chi connectivity index (χ4n) is 4.86. The van der Waals surface area contributed by atoms with E-state index in [0.29, 0.717) is 11.5 Å². The summed E-state index contributed by atoms with van der Waals surface area (Å²) in [6, 6.07) is 11.9. The molecule has 3 atom stereocenters. The van der Waals surface area contributed by atoms with E-state index in [4.69, 9.17) is 13.6 Å². The molecule has 1 unspecified atom stereocenters. The van der Waals surface area contributed by atoms with Crippen LogP contribution in [0, 0.1) is 5.92 Å². The Balaban J connectivity index is 1.55. The summed E-state index contributed by atoms with van der Waals surface area (Å²) in [5, 5.41) is 0.976. The van der Waals surface area contributed by atoms with Crippen LogP contribution in [0.4, 0.5) is 0 Å². The van der Waals surface area contributed by atoms with Crippen molar-refractivity contribution in [3.8, 4) is 11.5 Å². The van der Waals surface area contributed by atoms with Crippen LogP contribution in [-0.2, 0) is 16.0 Å². The number of nitrogens with zero attached hydrogens (tertiary/aromatic N) is 1. The topological polar surface area (TPSA) is 71.6 Å². The van der Waals surface area contributed by atoms with Gasteiger partial charge in [0.05, 0.1) is 12.1 Å². The van der Waals surface area contributed by atoms with Crippen LogP contribution in [-0.4, -0.2) is 34.4 Å². The fourth-order valence-corrected chi connectivity index (χ4v) is 4.86. The summed E-state index contributed by atoms with van der Waals surface area (Å²) < 4.78 is 34.4. The maximum atomic E-state index is 13.4. The van der Waals surface area contributed by atoms with Gasteiger partial charge >= 0.3 is 0 Å². The molecule has 1 saturated heterocycles. The fraction of sp³-hybridized carbons (Fsp3) is 0.304. The third-order valence-corrected chi connectivity index (χ3v) is 6.18. The highest BCUT2D eigenvalue weighted by Crippen LogP contribution is 2.45. The number of amides is 1. The van der Waals surface area contributed by atoms with E-state index >= 15 is 0 Å². The number of hydrogen-bond donors (Lipinski definition) is 1. The van der Waals surface area contributed by atoms with Crippen molar-refractivity contribution < 1.29 is 23.2 Å². The van der Waals surface area contributed by atoms with Gasteiger partial charge in [-0.05, 0) is 29.3 Å². The van der Waals surface area contributed by atoms with E-state index in [1.54, 1.807) is 11.0 Å². The van der Waals surface area contributed by atoms with Gasteiger partial charge in [-0.1, -0.05) is 31.1 Å². The van der Waals surface area contributed by atoms with Crippen molar-refractivity contribution in [1.82, 2.24) is 9.88 Å². The number of fused-ring (bicyclic) bond motifs is 5. The number of hydrogen-bond acceptors (Lipinski definition) is 4. The van der Waals surface area contributed by atoms with Crippen LogP contribution in [0.3, 0.4) is 0 Å². The molecule has 6 nitrogen and oxygen atoms in total. The van der Waals surface area contributed by atoms with Gasteiger partial charge in [-0.25, -0.2) is 0 Å². The van der Waals surface area contributed by atoms with Gasteiger partial charge in [0, 0.05) is 39.5 Å². The zero-order valence-electron chi connectivity index (χ0n) is 18.5. The van der Waals surface area contributed by atoms with Crippen molar-refractivity contribution >= 4 is 22.6 Å². The molecule has 146 valence electrons. The summed E-state index contributed by atoms with van der Waals surface area (Å²) in [4.78, 5) is 31.7. The molecule has 2 aromatic carbocycles. The minimum absolute atomic E-state index is 0.130. The molecule has 1 N–H and O–H groups in total. The quantitative estimate of drug-likeness (QED) is 0.644. The Hall–Kier alpha value is -3.28. The number of ether oxygens (including phenoxy) is 2. The SMILES string of the molecule is [2H]C([2H])([2H])C1[13CH2][13C](=O)N2[C@H](c3ccc4c(c3)OCO4)c3[nH]c4ccccc4c3C[C@@H]2C1=O. The number of aromatic nitrogens is 1. The van der Waals surface area contributed by atoms with Crippen LogP contribution in [0.25, 0.3) is 10.9 Å². The second kappa shape index (κ2) is 5.86. The molecule has 3 aromatic rings. The number of rotatable bonds is 1. The van der Waals surface area contributed by atoms with E-state index in [9.17, 15) is 9.59 Å². The lowest BCUT2D eigenvalue weighted by molar-refractivity contribution is -0.151. The molecule has 0 saturated carbocycles. The maximum Gasteiger partial charge on any atom is 0.231 e. The lowest BCUT2D eigenvalue weighted by Crippen LogP contribution is -2.56. The van der Waals surface area contributed by atoms with Crippen LogP contribution in [0.1, 0.15) is 40.2 Å². The van der Waals surface area contributed by atoms with Crippen molar-refractivity contribution in [3.05, 3.63) is 59.3 Å². The molecule has 0 spiro atoms. The summed E-state index contributed by atoms with van der Waals surface area (Å²) in [6.07, 6.45) is -0.0278. The second-order valence-electron chi connectivity index (χ2n) is 7.76. The van der Waals surface area contributed by atoms with E-state index in [0.717, 1.165) is 27.7 Å². The molecule has 1 aromatic heterocycles. The monoisotopic (exact) mass is 393 g/mol. The summed E-state index contributed by atoms with van der Waals surface area (Å²) in [5.41, 5.74) is 3.47. The number of carbonyl (C=O) groups is 2. The molecule has 1 fully saturated rings. The predicted molar refractivity (Wildman–Crippen MR) is 106 cm³/mol. The van der Waals surface area contributed by atoms with Gasteiger partial charge in [0.25, 0.3) is 0 Å². The Morgan fingerprint density at radius 2 is 1.97 bits per heavy atom. The molecule has 1 amide bonds. The van der Waals surface area contributed by atoms with E-state index in [1.807, 2.05) is 36.4 Å². The smallest absolute Gasteiger partial charge is 0.231 e. The Labute approximate surface area is 171 Å². The normalized spacial score (nSPS) is 27.2.